The Labute approximate surface area is 144 Å². The Balaban J connectivity index is 2.11. The monoisotopic (exact) mass is 355 g/mol. The quantitative estimate of drug-likeness (QED) is 0.749. The molecule has 0 fully saturated rings. The Bertz CT molecular complexity index is 646. The molecular formula is C16H18ClNO6. The molecule has 1 aliphatic rings. The lowest BCUT2D eigenvalue weighted by molar-refractivity contribution is -0.143. The molecule has 1 N–H and O–H groups in total. The highest BCUT2D eigenvalue weighted by Gasteiger charge is 2.17. The van der Waals surface area contributed by atoms with Gasteiger partial charge in [-0.15, -0.1) is 0 Å². The maximum atomic E-state index is 12.2. The average Bonchev–Trinajstić information content (AvgIpc) is 2.56. The molecule has 0 atom stereocenters. The fraction of sp³-hybridized carbons (Fsp3) is 0.375. The molecule has 1 heterocycles. The van der Waals surface area contributed by atoms with Crippen molar-refractivity contribution >= 4 is 29.6 Å². The Hall–Kier alpha value is -2.25. The molecule has 0 radical (unpaired) electrons. The van der Waals surface area contributed by atoms with Gasteiger partial charge in [-0.2, -0.15) is 0 Å². The lowest BCUT2D eigenvalue weighted by atomic mass is 10.1. The van der Waals surface area contributed by atoms with Crippen molar-refractivity contribution in [3.63, 3.8) is 0 Å². The van der Waals surface area contributed by atoms with E-state index in [0.717, 1.165) is 0 Å². The van der Waals surface area contributed by atoms with E-state index >= 15 is 0 Å². The zero-order valence-corrected chi connectivity index (χ0v) is 13.9. The van der Waals surface area contributed by atoms with Crippen LogP contribution in [0.5, 0.6) is 11.5 Å². The number of nitrogens with zero attached hydrogens (tertiary/aromatic N) is 1. The summed E-state index contributed by atoms with van der Waals surface area (Å²) in [5, 5.41) is 9.27. The van der Waals surface area contributed by atoms with E-state index in [-0.39, 0.29) is 13.2 Å². The van der Waals surface area contributed by atoms with Gasteiger partial charge in [0, 0.05) is 19.7 Å². The van der Waals surface area contributed by atoms with E-state index in [4.69, 9.17) is 30.9 Å². The van der Waals surface area contributed by atoms with Crippen LogP contribution in [0.2, 0.25) is 5.02 Å². The molecule has 7 nitrogen and oxygen atoms in total. The standard InChI is InChI=1S/C16H18ClNO6/c1-22-5-4-18(10-15(20)21)14(19)3-2-11-8-12(17)16-13(9-11)23-6-7-24-16/h2-3,8-9H,4-7,10H2,1H3,(H,20,21)/b3-2+. The molecule has 2 rings (SSSR count). The van der Waals surface area contributed by atoms with Gasteiger partial charge in [-0.05, 0) is 23.8 Å². The number of carbonyl (C=O) groups is 2. The summed E-state index contributed by atoms with van der Waals surface area (Å²) >= 11 is 6.13. The summed E-state index contributed by atoms with van der Waals surface area (Å²) in [4.78, 5) is 24.2. The first-order valence-electron chi connectivity index (χ1n) is 7.28. The third kappa shape index (κ3) is 4.87. The molecule has 0 saturated carbocycles. The van der Waals surface area contributed by atoms with Crippen LogP contribution < -0.4 is 9.47 Å². The van der Waals surface area contributed by atoms with Crippen LogP contribution in [-0.4, -0.2) is 61.9 Å². The van der Waals surface area contributed by atoms with Gasteiger partial charge >= 0.3 is 5.97 Å². The van der Waals surface area contributed by atoms with Gasteiger partial charge in [-0.25, -0.2) is 0 Å². The van der Waals surface area contributed by atoms with Gasteiger partial charge in [0.15, 0.2) is 11.5 Å². The molecule has 24 heavy (non-hydrogen) atoms. The number of carboxylic acid groups (broad SMARTS) is 1. The molecule has 1 amide bonds. The van der Waals surface area contributed by atoms with Gasteiger partial charge in [-0.3, -0.25) is 9.59 Å². The van der Waals surface area contributed by atoms with Crippen LogP contribution >= 0.6 is 11.6 Å². The summed E-state index contributed by atoms with van der Waals surface area (Å²) in [6.45, 7) is 0.911. The number of amides is 1. The van der Waals surface area contributed by atoms with Gasteiger partial charge in [0.25, 0.3) is 0 Å². The topological polar surface area (TPSA) is 85.3 Å². The highest BCUT2D eigenvalue weighted by atomic mass is 35.5. The van der Waals surface area contributed by atoms with Crippen LogP contribution in [0.15, 0.2) is 18.2 Å². The van der Waals surface area contributed by atoms with E-state index in [2.05, 4.69) is 0 Å². The largest absolute Gasteiger partial charge is 0.486 e. The number of methoxy groups -OCH3 is 1. The number of aliphatic carboxylic acids is 1. The molecule has 0 aliphatic carbocycles. The fourth-order valence-electron chi connectivity index (χ4n) is 2.13. The Morgan fingerprint density at radius 1 is 1.38 bits per heavy atom. The first-order chi connectivity index (χ1) is 11.5. The molecular weight excluding hydrogens is 338 g/mol. The zero-order valence-electron chi connectivity index (χ0n) is 13.2. The molecule has 1 aliphatic heterocycles. The van der Waals surface area contributed by atoms with E-state index in [0.29, 0.717) is 35.3 Å². The minimum atomic E-state index is -1.09. The Morgan fingerprint density at radius 3 is 2.83 bits per heavy atom. The average molecular weight is 356 g/mol. The van der Waals surface area contributed by atoms with E-state index in [1.165, 1.54) is 18.1 Å². The second-order valence-corrected chi connectivity index (χ2v) is 5.41. The summed E-state index contributed by atoms with van der Waals surface area (Å²) in [5.74, 6) is -0.516. The number of benzene rings is 1. The maximum Gasteiger partial charge on any atom is 0.323 e. The van der Waals surface area contributed by atoms with Crippen LogP contribution in [0.4, 0.5) is 0 Å². The molecule has 0 unspecified atom stereocenters. The van der Waals surface area contributed by atoms with Gasteiger partial charge in [0.1, 0.15) is 19.8 Å². The lowest BCUT2D eigenvalue weighted by Gasteiger charge is -2.20. The molecule has 0 spiro atoms. The van der Waals surface area contributed by atoms with Gasteiger partial charge in [0.2, 0.25) is 5.91 Å². The van der Waals surface area contributed by atoms with Crippen LogP contribution in [0.25, 0.3) is 6.08 Å². The smallest absolute Gasteiger partial charge is 0.323 e. The first kappa shape index (κ1) is 18.1. The predicted molar refractivity (Wildman–Crippen MR) is 87.6 cm³/mol. The second-order valence-electron chi connectivity index (χ2n) is 5.01. The summed E-state index contributed by atoms with van der Waals surface area (Å²) in [7, 11) is 1.48. The van der Waals surface area contributed by atoms with Crippen LogP contribution in [0.1, 0.15) is 5.56 Å². The Kier molecular flexibility index (Phi) is 6.45. The molecule has 0 saturated heterocycles. The van der Waals surface area contributed by atoms with Crippen molar-refractivity contribution in [2.45, 2.75) is 0 Å². The molecule has 0 bridgehead atoms. The van der Waals surface area contributed by atoms with Crippen molar-refractivity contribution in [2.24, 2.45) is 0 Å². The zero-order chi connectivity index (χ0) is 17.5. The molecule has 1 aromatic rings. The minimum Gasteiger partial charge on any atom is -0.486 e. The van der Waals surface area contributed by atoms with Crippen molar-refractivity contribution in [2.75, 3.05) is 40.0 Å². The van der Waals surface area contributed by atoms with Crippen molar-refractivity contribution in [3.05, 3.63) is 28.8 Å². The number of fused-ring (bicyclic) bond motifs is 1. The van der Waals surface area contributed by atoms with E-state index in [9.17, 15) is 9.59 Å². The van der Waals surface area contributed by atoms with Crippen molar-refractivity contribution in [3.8, 4) is 11.5 Å². The third-order valence-electron chi connectivity index (χ3n) is 3.24. The maximum absolute atomic E-state index is 12.2. The highest BCUT2D eigenvalue weighted by molar-refractivity contribution is 6.32. The number of hydrogen-bond acceptors (Lipinski definition) is 5. The summed E-state index contributed by atoms with van der Waals surface area (Å²) < 4.78 is 15.8. The minimum absolute atomic E-state index is 0.188. The van der Waals surface area contributed by atoms with Crippen LogP contribution in [-0.2, 0) is 14.3 Å². The number of ether oxygens (including phenoxy) is 3. The molecule has 1 aromatic carbocycles. The molecule has 0 aromatic heterocycles. The highest BCUT2D eigenvalue weighted by Crippen LogP contribution is 2.38. The summed E-state index contributed by atoms with van der Waals surface area (Å²) in [6.07, 6.45) is 2.84. The molecule has 130 valence electrons. The third-order valence-corrected chi connectivity index (χ3v) is 3.52. The van der Waals surface area contributed by atoms with E-state index in [1.807, 2.05) is 0 Å². The fourth-order valence-corrected chi connectivity index (χ4v) is 2.41. The van der Waals surface area contributed by atoms with Crippen molar-refractivity contribution in [1.82, 2.24) is 4.90 Å². The Morgan fingerprint density at radius 2 is 2.12 bits per heavy atom. The number of carboxylic acids is 1. The van der Waals surface area contributed by atoms with Gasteiger partial charge in [0.05, 0.1) is 11.6 Å². The lowest BCUT2D eigenvalue weighted by Crippen LogP contribution is -2.36. The van der Waals surface area contributed by atoms with E-state index < -0.39 is 18.4 Å². The molecule has 8 heteroatoms. The summed E-state index contributed by atoms with van der Waals surface area (Å²) in [6, 6.07) is 3.36. The van der Waals surface area contributed by atoms with Crippen molar-refractivity contribution < 1.29 is 28.9 Å². The van der Waals surface area contributed by atoms with Gasteiger partial charge < -0.3 is 24.2 Å². The number of rotatable bonds is 7. The SMILES string of the molecule is COCCN(CC(=O)O)C(=O)/C=C/c1cc(Cl)c2c(c1)OCCO2. The van der Waals surface area contributed by atoms with Crippen LogP contribution in [0.3, 0.4) is 0 Å². The van der Waals surface area contributed by atoms with Crippen molar-refractivity contribution in [1.29, 1.82) is 0 Å². The second kappa shape index (κ2) is 8.56. The van der Waals surface area contributed by atoms with Crippen LogP contribution in [0, 0.1) is 0 Å². The predicted octanol–water partition coefficient (Wildman–Crippen LogP) is 1.68. The number of halogens is 1. The van der Waals surface area contributed by atoms with E-state index in [1.54, 1.807) is 18.2 Å². The van der Waals surface area contributed by atoms with Gasteiger partial charge in [-0.1, -0.05) is 11.6 Å². The first-order valence-corrected chi connectivity index (χ1v) is 7.66. The normalized spacial score (nSPS) is 13.1. The number of hydrogen-bond donors (Lipinski definition) is 1. The number of carbonyl (C=O) groups excluding carboxylic acids is 1. The summed E-state index contributed by atoms with van der Waals surface area (Å²) in [5.41, 5.74) is 0.652.